The Bertz CT molecular complexity index is 518. The van der Waals surface area contributed by atoms with E-state index in [2.05, 4.69) is 26.0 Å². The van der Waals surface area contributed by atoms with Crippen molar-refractivity contribution in [3.8, 4) is 5.75 Å². The highest BCUT2D eigenvalue weighted by atomic mass is 79.9. The van der Waals surface area contributed by atoms with Crippen LogP contribution in [0, 0.1) is 0 Å². The second-order valence-electron chi connectivity index (χ2n) is 4.12. The number of methoxy groups -OCH3 is 1. The largest absolute Gasteiger partial charge is 0.483 e. The van der Waals surface area contributed by atoms with Gasteiger partial charge in [-0.3, -0.25) is 14.4 Å². The average Bonchev–Trinajstić information content (AvgIpc) is 2.49. The number of hydrogen-bond acceptors (Lipinski definition) is 5. The molecular weight excluding hydrogens is 342 g/mol. The molecule has 1 rings (SSSR count). The van der Waals surface area contributed by atoms with Crippen molar-refractivity contribution in [2.24, 2.45) is 0 Å². The van der Waals surface area contributed by atoms with Crippen LogP contribution in [0.1, 0.15) is 23.2 Å². The molecule has 0 unspecified atom stereocenters. The molecule has 0 radical (unpaired) electrons. The van der Waals surface area contributed by atoms with E-state index in [0.717, 1.165) is 4.47 Å². The third kappa shape index (κ3) is 6.40. The Balaban J connectivity index is 2.33. The summed E-state index contributed by atoms with van der Waals surface area (Å²) in [6, 6.07) is 4.94. The zero-order valence-corrected chi connectivity index (χ0v) is 13.1. The highest BCUT2D eigenvalue weighted by Gasteiger charge is 2.07. The van der Waals surface area contributed by atoms with Crippen molar-refractivity contribution in [2.75, 3.05) is 20.3 Å². The minimum absolute atomic E-state index is 0.194. The summed E-state index contributed by atoms with van der Waals surface area (Å²) < 4.78 is 10.5. The lowest BCUT2D eigenvalue weighted by molar-refractivity contribution is -0.140. The second kappa shape index (κ2) is 9.12. The van der Waals surface area contributed by atoms with Gasteiger partial charge < -0.3 is 14.8 Å². The molecule has 0 fully saturated rings. The first-order chi connectivity index (χ1) is 10.1. The fourth-order valence-electron chi connectivity index (χ4n) is 1.50. The number of benzene rings is 1. The quantitative estimate of drug-likeness (QED) is 0.435. The van der Waals surface area contributed by atoms with Gasteiger partial charge in [0.25, 0.3) is 5.91 Å². The normalized spacial score (nSPS) is 9.81. The maximum absolute atomic E-state index is 11.5. The van der Waals surface area contributed by atoms with E-state index >= 15 is 0 Å². The Morgan fingerprint density at radius 1 is 1.38 bits per heavy atom. The van der Waals surface area contributed by atoms with E-state index in [-0.39, 0.29) is 24.9 Å². The van der Waals surface area contributed by atoms with Crippen LogP contribution in [-0.2, 0) is 14.3 Å². The summed E-state index contributed by atoms with van der Waals surface area (Å²) in [5.41, 5.74) is 0.364. The minimum atomic E-state index is -0.320. The summed E-state index contributed by atoms with van der Waals surface area (Å²) in [6.07, 6.45) is 1.41. The molecule has 1 amide bonds. The number of ether oxygens (including phenoxy) is 2. The zero-order valence-electron chi connectivity index (χ0n) is 11.6. The third-order valence-electron chi connectivity index (χ3n) is 2.57. The van der Waals surface area contributed by atoms with E-state index in [1.54, 1.807) is 18.2 Å². The topological polar surface area (TPSA) is 81.7 Å². The average molecular weight is 358 g/mol. The van der Waals surface area contributed by atoms with Gasteiger partial charge in [0.2, 0.25) is 0 Å². The Kier molecular flexibility index (Phi) is 7.45. The molecule has 0 atom stereocenters. The van der Waals surface area contributed by atoms with Crippen LogP contribution in [0.4, 0.5) is 0 Å². The number of carbonyl (C=O) groups is 3. The molecule has 0 heterocycles. The highest BCUT2D eigenvalue weighted by molar-refractivity contribution is 9.10. The molecule has 1 N–H and O–H groups in total. The molecule has 1 aromatic rings. The smallest absolute Gasteiger partial charge is 0.305 e. The third-order valence-corrected chi connectivity index (χ3v) is 3.06. The van der Waals surface area contributed by atoms with Crippen LogP contribution in [-0.4, -0.2) is 38.4 Å². The van der Waals surface area contributed by atoms with E-state index in [1.165, 1.54) is 7.11 Å². The van der Waals surface area contributed by atoms with Crippen molar-refractivity contribution >= 4 is 34.1 Å². The lowest BCUT2D eigenvalue weighted by atomic mass is 10.2. The van der Waals surface area contributed by atoms with Crippen LogP contribution < -0.4 is 10.1 Å². The standard InChI is InChI=1S/C14H16BrNO5/c1-20-14(19)3-2-6-16-13(18)9-21-12-5-4-11(15)7-10(12)8-17/h4-5,7-8H,2-3,6,9H2,1H3,(H,16,18). The van der Waals surface area contributed by atoms with Gasteiger partial charge in [0.1, 0.15) is 5.75 Å². The molecule has 0 aromatic heterocycles. The lowest BCUT2D eigenvalue weighted by Gasteiger charge is -2.09. The van der Waals surface area contributed by atoms with Crippen LogP contribution >= 0.6 is 15.9 Å². The summed E-state index contributed by atoms with van der Waals surface area (Å²) in [4.78, 5) is 33.3. The fourth-order valence-corrected chi connectivity index (χ4v) is 1.88. The number of amides is 1. The fraction of sp³-hybridized carbons (Fsp3) is 0.357. The first-order valence-electron chi connectivity index (χ1n) is 6.28. The van der Waals surface area contributed by atoms with Crippen molar-refractivity contribution in [3.63, 3.8) is 0 Å². The van der Waals surface area contributed by atoms with Gasteiger partial charge in [0.15, 0.2) is 12.9 Å². The van der Waals surface area contributed by atoms with Crippen LogP contribution in [0.25, 0.3) is 0 Å². The van der Waals surface area contributed by atoms with Gasteiger partial charge in [-0.15, -0.1) is 0 Å². The van der Waals surface area contributed by atoms with Gasteiger partial charge >= 0.3 is 5.97 Å². The van der Waals surface area contributed by atoms with E-state index in [9.17, 15) is 14.4 Å². The molecule has 0 aliphatic heterocycles. The maximum atomic E-state index is 11.5. The Morgan fingerprint density at radius 2 is 2.14 bits per heavy atom. The Hall–Kier alpha value is -1.89. The molecule has 0 aliphatic rings. The van der Waals surface area contributed by atoms with Gasteiger partial charge in [0.05, 0.1) is 12.7 Å². The molecule has 0 spiro atoms. The molecule has 21 heavy (non-hydrogen) atoms. The van der Waals surface area contributed by atoms with Crippen molar-refractivity contribution in [1.82, 2.24) is 5.32 Å². The summed E-state index contributed by atoms with van der Waals surface area (Å²) in [6.45, 7) is 0.166. The minimum Gasteiger partial charge on any atom is -0.483 e. The summed E-state index contributed by atoms with van der Waals surface area (Å²) >= 11 is 3.25. The maximum Gasteiger partial charge on any atom is 0.305 e. The first-order valence-corrected chi connectivity index (χ1v) is 7.07. The zero-order chi connectivity index (χ0) is 15.7. The van der Waals surface area contributed by atoms with Crippen molar-refractivity contribution in [2.45, 2.75) is 12.8 Å². The Morgan fingerprint density at radius 3 is 2.81 bits per heavy atom. The summed E-state index contributed by atoms with van der Waals surface area (Å²) in [7, 11) is 1.32. The van der Waals surface area contributed by atoms with Gasteiger partial charge in [-0.1, -0.05) is 15.9 Å². The Labute approximate surface area is 130 Å². The van der Waals surface area contributed by atoms with Crippen LogP contribution in [0.5, 0.6) is 5.75 Å². The molecule has 6 nitrogen and oxygen atoms in total. The highest BCUT2D eigenvalue weighted by Crippen LogP contribution is 2.21. The van der Waals surface area contributed by atoms with Gasteiger partial charge in [-0.25, -0.2) is 0 Å². The predicted octanol–water partition coefficient (Wildman–Crippen LogP) is 1.71. The first kappa shape index (κ1) is 17.2. The van der Waals surface area contributed by atoms with Crippen LogP contribution in [0.15, 0.2) is 22.7 Å². The van der Waals surface area contributed by atoms with Crippen molar-refractivity contribution < 1.29 is 23.9 Å². The molecular formula is C14H16BrNO5. The molecule has 0 saturated heterocycles. The molecule has 0 bridgehead atoms. The molecule has 0 saturated carbocycles. The number of nitrogens with one attached hydrogen (secondary N) is 1. The number of hydrogen-bond donors (Lipinski definition) is 1. The van der Waals surface area contributed by atoms with E-state index < -0.39 is 0 Å². The SMILES string of the molecule is COC(=O)CCCNC(=O)COc1ccc(Br)cc1C=O. The van der Waals surface area contributed by atoms with Crippen molar-refractivity contribution in [3.05, 3.63) is 28.2 Å². The number of carbonyl (C=O) groups excluding carboxylic acids is 3. The van der Waals surface area contributed by atoms with E-state index in [4.69, 9.17) is 4.74 Å². The number of esters is 1. The summed E-state index contributed by atoms with van der Waals surface area (Å²) in [5.74, 6) is -0.288. The predicted molar refractivity (Wildman–Crippen MR) is 79.3 cm³/mol. The van der Waals surface area contributed by atoms with E-state index in [0.29, 0.717) is 30.6 Å². The second-order valence-corrected chi connectivity index (χ2v) is 5.03. The van der Waals surface area contributed by atoms with Gasteiger partial charge in [-0.2, -0.15) is 0 Å². The van der Waals surface area contributed by atoms with Crippen LogP contribution in [0.3, 0.4) is 0 Å². The molecule has 114 valence electrons. The lowest BCUT2D eigenvalue weighted by Crippen LogP contribution is -2.30. The number of halogens is 1. The summed E-state index contributed by atoms with van der Waals surface area (Å²) in [5, 5.41) is 2.61. The number of rotatable bonds is 8. The van der Waals surface area contributed by atoms with E-state index in [1.807, 2.05) is 0 Å². The van der Waals surface area contributed by atoms with Crippen molar-refractivity contribution in [1.29, 1.82) is 0 Å². The van der Waals surface area contributed by atoms with Gasteiger partial charge in [-0.05, 0) is 24.6 Å². The molecule has 0 aliphatic carbocycles. The number of aldehydes is 1. The van der Waals surface area contributed by atoms with Crippen LogP contribution in [0.2, 0.25) is 0 Å². The molecule has 1 aromatic carbocycles. The molecule has 7 heteroatoms. The monoisotopic (exact) mass is 357 g/mol. The van der Waals surface area contributed by atoms with Gasteiger partial charge in [0, 0.05) is 17.4 Å².